The van der Waals surface area contributed by atoms with Crippen molar-refractivity contribution in [1.82, 2.24) is 0 Å². The average molecular weight is 267 g/mol. The molecule has 1 aliphatic carbocycles. The van der Waals surface area contributed by atoms with Gasteiger partial charge in [0.05, 0.1) is 5.69 Å². The van der Waals surface area contributed by atoms with E-state index in [0.29, 0.717) is 5.92 Å². The van der Waals surface area contributed by atoms with Gasteiger partial charge in [0.25, 0.3) is 0 Å². The van der Waals surface area contributed by atoms with Gasteiger partial charge in [-0.2, -0.15) is 0 Å². The van der Waals surface area contributed by atoms with E-state index < -0.39 is 0 Å². The van der Waals surface area contributed by atoms with Crippen molar-refractivity contribution < 1.29 is 0 Å². The summed E-state index contributed by atoms with van der Waals surface area (Å²) in [6.45, 7) is 4.15. The third-order valence-corrected chi connectivity index (χ3v) is 3.24. The van der Waals surface area contributed by atoms with Crippen LogP contribution in [0.25, 0.3) is 0 Å². The summed E-state index contributed by atoms with van der Waals surface area (Å²) in [5, 5.41) is 0. The molecule has 0 aliphatic heterocycles. The van der Waals surface area contributed by atoms with Crippen molar-refractivity contribution in [2.75, 3.05) is 0 Å². The normalized spacial score (nSPS) is 16.9. The topological polar surface area (TPSA) is 38.4 Å². The van der Waals surface area contributed by atoms with Crippen molar-refractivity contribution in [1.29, 1.82) is 0 Å². The predicted molar refractivity (Wildman–Crippen MR) is 67.6 cm³/mol. The number of aliphatic imine (C=N–C) groups is 1. The Labute approximate surface area is 98.7 Å². The van der Waals surface area contributed by atoms with Gasteiger partial charge < -0.3 is 5.73 Å². The Bertz CT molecular complexity index is 397. The number of hydrogen-bond acceptors (Lipinski definition) is 1. The van der Waals surface area contributed by atoms with Gasteiger partial charge in [-0.1, -0.05) is 6.07 Å². The molecule has 0 atom stereocenters. The molecule has 3 heteroatoms. The largest absolute Gasteiger partial charge is 0.387 e. The standard InChI is InChI=1S/C12H15BrN2/c1-7-5-8(2)11(10(13)6-7)15-12(14)9-3-4-9/h5-6,9H,3-4H2,1-2H3,(H2,14,15). The van der Waals surface area contributed by atoms with Crippen molar-refractivity contribution in [3.05, 3.63) is 27.7 Å². The Morgan fingerprint density at radius 3 is 2.60 bits per heavy atom. The highest BCUT2D eigenvalue weighted by molar-refractivity contribution is 9.10. The number of rotatable bonds is 2. The van der Waals surface area contributed by atoms with Crippen molar-refractivity contribution in [2.45, 2.75) is 26.7 Å². The Balaban J connectivity index is 2.39. The first-order valence-electron chi connectivity index (χ1n) is 5.18. The third-order valence-electron chi connectivity index (χ3n) is 2.63. The fourth-order valence-electron chi connectivity index (χ4n) is 1.65. The van der Waals surface area contributed by atoms with Gasteiger partial charge in [-0.3, -0.25) is 0 Å². The first-order valence-corrected chi connectivity index (χ1v) is 5.98. The van der Waals surface area contributed by atoms with Crippen molar-refractivity contribution in [3.8, 4) is 0 Å². The molecule has 0 radical (unpaired) electrons. The highest BCUT2D eigenvalue weighted by Gasteiger charge is 2.25. The van der Waals surface area contributed by atoms with E-state index >= 15 is 0 Å². The molecule has 80 valence electrons. The lowest BCUT2D eigenvalue weighted by atomic mass is 10.1. The molecule has 2 rings (SSSR count). The number of amidine groups is 1. The molecule has 0 amide bonds. The highest BCUT2D eigenvalue weighted by atomic mass is 79.9. The molecule has 1 aliphatic rings. The molecular formula is C12H15BrN2. The highest BCUT2D eigenvalue weighted by Crippen LogP contribution is 2.34. The van der Waals surface area contributed by atoms with Crippen LogP contribution in [-0.4, -0.2) is 5.84 Å². The van der Waals surface area contributed by atoms with Crippen molar-refractivity contribution in [3.63, 3.8) is 0 Å². The number of aryl methyl sites for hydroxylation is 2. The Morgan fingerprint density at radius 2 is 2.07 bits per heavy atom. The van der Waals surface area contributed by atoms with E-state index in [-0.39, 0.29) is 0 Å². The summed E-state index contributed by atoms with van der Waals surface area (Å²) >= 11 is 3.53. The molecule has 2 nitrogen and oxygen atoms in total. The molecule has 2 N–H and O–H groups in total. The van der Waals surface area contributed by atoms with Gasteiger partial charge in [-0.05, 0) is 59.8 Å². The minimum Gasteiger partial charge on any atom is -0.387 e. The molecule has 0 bridgehead atoms. The third kappa shape index (κ3) is 2.40. The van der Waals surface area contributed by atoms with Gasteiger partial charge in [-0.15, -0.1) is 0 Å². The zero-order chi connectivity index (χ0) is 11.0. The summed E-state index contributed by atoms with van der Waals surface area (Å²) < 4.78 is 1.03. The van der Waals surface area contributed by atoms with E-state index in [9.17, 15) is 0 Å². The van der Waals surface area contributed by atoms with E-state index in [0.717, 1.165) is 16.0 Å². The van der Waals surface area contributed by atoms with Crippen LogP contribution in [0.5, 0.6) is 0 Å². The maximum atomic E-state index is 5.92. The summed E-state index contributed by atoms with van der Waals surface area (Å²) in [6, 6.07) is 4.20. The zero-order valence-corrected chi connectivity index (χ0v) is 10.6. The van der Waals surface area contributed by atoms with Crippen molar-refractivity contribution in [2.24, 2.45) is 16.6 Å². The molecular weight excluding hydrogens is 252 g/mol. The minimum atomic E-state index is 0.526. The molecule has 0 spiro atoms. The van der Waals surface area contributed by atoms with Crippen LogP contribution >= 0.6 is 15.9 Å². The smallest absolute Gasteiger partial charge is 0.103 e. The van der Waals surface area contributed by atoms with E-state index in [1.807, 2.05) is 0 Å². The Hall–Kier alpha value is -0.830. The van der Waals surface area contributed by atoms with E-state index in [1.165, 1.54) is 24.0 Å². The van der Waals surface area contributed by atoms with Gasteiger partial charge in [0.1, 0.15) is 5.84 Å². The summed E-state index contributed by atoms with van der Waals surface area (Å²) in [5.74, 6) is 1.31. The summed E-state index contributed by atoms with van der Waals surface area (Å²) in [4.78, 5) is 4.51. The molecule has 1 fully saturated rings. The monoisotopic (exact) mass is 266 g/mol. The maximum Gasteiger partial charge on any atom is 0.103 e. The van der Waals surface area contributed by atoms with E-state index in [1.54, 1.807) is 0 Å². The van der Waals surface area contributed by atoms with Crippen LogP contribution in [0.15, 0.2) is 21.6 Å². The number of benzene rings is 1. The molecule has 1 saturated carbocycles. The van der Waals surface area contributed by atoms with Gasteiger partial charge in [-0.25, -0.2) is 4.99 Å². The number of nitrogens with zero attached hydrogens (tertiary/aromatic N) is 1. The summed E-state index contributed by atoms with van der Waals surface area (Å²) in [5.41, 5.74) is 9.30. The van der Waals surface area contributed by atoms with Gasteiger partial charge in [0, 0.05) is 10.4 Å². The van der Waals surface area contributed by atoms with E-state index in [2.05, 4.69) is 46.9 Å². The Morgan fingerprint density at radius 1 is 1.40 bits per heavy atom. The van der Waals surface area contributed by atoms with Gasteiger partial charge in [0.15, 0.2) is 0 Å². The number of halogens is 1. The van der Waals surface area contributed by atoms with E-state index in [4.69, 9.17) is 5.73 Å². The predicted octanol–water partition coefficient (Wildman–Crippen LogP) is 3.46. The molecule has 0 unspecified atom stereocenters. The van der Waals surface area contributed by atoms with Gasteiger partial charge in [0.2, 0.25) is 0 Å². The molecule has 15 heavy (non-hydrogen) atoms. The quantitative estimate of drug-likeness (QED) is 0.646. The molecule has 1 aromatic rings. The second-order valence-corrected chi connectivity index (χ2v) is 5.08. The van der Waals surface area contributed by atoms with Crippen molar-refractivity contribution >= 4 is 27.5 Å². The van der Waals surface area contributed by atoms with Crippen LogP contribution in [0.4, 0.5) is 5.69 Å². The zero-order valence-electron chi connectivity index (χ0n) is 9.05. The molecule has 0 aromatic heterocycles. The first-order chi connectivity index (χ1) is 7.08. The summed E-state index contributed by atoms with van der Waals surface area (Å²) in [6.07, 6.45) is 2.38. The molecule has 1 aromatic carbocycles. The fourth-order valence-corrected chi connectivity index (χ4v) is 2.41. The number of nitrogens with two attached hydrogens (primary N) is 1. The van der Waals surface area contributed by atoms with Crippen LogP contribution in [0, 0.1) is 19.8 Å². The average Bonchev–Trinajstić information content (AvgIpc) is 2.93. The van der Waals surface area contributed by atoms with Gasteiger partial charge >= 0.3 is 0 Å². The lowest BCUT2D eigenvalue weighted by molar-refractivity contribution is 1.15. The number of hydrogen-bond donors (Lipinski definition) is 1. The maximum absolute atomic E-state index is 5.92. The van der Waals surface area contributed by atoms with Crippen LogP contribution in [0.3, 0.4) is 0 Å². The minimum absolute atomic E-state index is 0.526. The second kappa shape index (κ2) is 3.97. The van der Waals surface area contributed by atoms with Crippen LogP contribution in [0.2, 0.25) is 0 Å². The second-order valence-electron chi connectivity index (χ2n) is 4.22. The lowest BCUT2D eigenvalue weighted by Gasteiger charge is -2.06. The SMILES string of the molecule is Cc1cc(C)c(N=C(N)C2CC2)c(Br)c1. The van der Waals surface area contributed by atoms with Crippen LogP contribution in [-0.2, 0) is 0 Å². The molecule has 0 heterocycles. The van der Waals surface area contributed by atoms with Crippen LogP contribution < -0.4 is 5.73 Å². The van der Waals surface area contributed by atoms with Crippen LogP contribution in [0.1, 0.15) is 24.0 Å². The fraction of sp³-hybridized carbons (Fsp3) is 0.417. The first kappa shape index (κ1) is 10.7. The lowest BCUT2D eigenvalue weighted by Crippen LogP contribution is -2.13. The Kier molecular flexibility index (Phi) is 2.83. The summed E-state index contributed by atoms with van der Waals surface area (Å²) in [7, 11) is 0. The molecule has 0 saturated heterocycles.